The van der Waals surface area contributed by atoms with Gasteiger partial charge in [0.2, 0.25) is 0 Å². The molecular weight excluding hydrogens is 395 g/mol. The second kappa shape index (κ2) is 7.95. The molecule has 1 amide bonds. The molecule has 1 heterocycles. The van der Waals surface area contributed by atoms with Gasteiger partial charge in [-0.1, -0.05) is 23.2 Å². The van der Waals surface area contributed by atoms with Crippen LogP contribution in [0, 0.1) is 0 Å². The number of halogens is 2. The molecule has 2 aromatic carbocycles. The maximum Gasteiger partial charge on any atom is 0.258 e. The summed E-state index contributed by atoms with van der Waals surface area (Å²) in [6, 6.07) is 10.2. The molecule has 5 nitrogen and oxygen atoms in total. The molecule has 1 N–H and O–H groups in total. The van der Waals surface area contributed by atoms with Gasteiger partial charge in [0, 0.05) is 16.0 Å². The van der Waals surface area contributed by atoms with Crippen LogP contribution in [0.15, 0.2) is 41.8 Å². The highest BCUT2D eigenvalue weighted by Crippen LogP contribution is 2.33. The number of methoxy groups -OCH3 is 2. The Labute approximate surface area is 164 Å². The zero-order chi connectivity index (χ0) is 18.7. The lowest BCUT2D eigenvalue weighted by Crippen LogP contribution is -2.12. The highest BCUT2D eigenvalue weighted by atomic mass is 35.5. The van der Waals surface area contributed by atoms with E-state index in [9.17, 15) is 4.79 Å². The largest absolute Gasteiger partial charge is 0.493 e. The molecule has 26 heavy (non-hydrogen) atoms. The standard InChI is InChI=1S/C18H14Cl2N2O3S/c1-24-15-6-3-10(7-16(15)25-2)14-9-26-18(21-14)22-17(23)12-5-4-11(19)8-13(12)20/h3-9H,1-2H3,(H,21,22,23). The topological polar surface area (TPSA) is 60.5 Å². The monoisotopic (exact) mass is 408 g/mol. The van der Waals surface area contributed by atoms with Gasteiger partial charge in [-0.15, -0.1) is 11.3 Å². The molecule has 0 spiro atoms. The van der Waals surface area contributed by atoms with Crippen molar-refractivity contribution in [2.75, 3.05) is 19.5 Å². The highest BCUT2D eigenvalue weighted by molar-refractivity contribution is 7.14. The fourth-order valence-electron chi connectivity index (χ4n) is 2.30. The van der Waals surface area contributed by atoms with E-state index in [0.717, 1.165) is 5.56 Å². The van der Waals surface area contributed by atoms with Gasteiger partial charge in [0.1, 0.15) is 0 Å². The van der Waals surface area contributed by atoms with Crippen molar-refractivity contribution in [1.29, 1.82) is 0 Å². The van der Waals surface area contributed by atoms with Crippen molar-refractivity contribution in [2.24, 2.45) is 0 Å². The van der Waals surface area contributed by atoms with Gasteiger partial charge >= 0.3 is 0 Å². The SMILES string of the molecule is COc1ccc(-c2csc(NC(=O)c3ccc(Cl)cc3Cl)n2)cc1OC. The molecule has 3 aromatic rings. The van der Waals surface area contributed by atoms with E-state index in [-0.39, 0.29) is 10.9 Å². The number of carbonyl (C=O) groups excluding carboxylic acids is 1. The van der Waals surface area contributed by atoms with E-state index in [0.29, 0.717) is 32.9 Å². The summed E-state index contributed by atoms with van der Waals surface area (Å²) in [5.41, 5.74) is 1.90. The van der Waals surface area contributed by atoms with Crippen molar-refractivity contribution in [3.8, 4) is 22.8 Å². The zero-order valence-electron chi connectivity index (χ0n) is 13.9. The second-order valence-electron chi connectivity index (χ2n) is 5.19. The summed E-state index contributed by atoms with van der Waals surface area (Å²) in [5.74, 6) is 0.897. The molecule has 0 saturated carbocycles. The molecule has 0 unspecified atom stereocenters. The Bertz CT molecular complexity index is 959. The molecule has 0 radical (unpaired) electrons. The molecule has 0 atom stereocenters. The fourth-order valence-corrected chi connectivity index (χ4v) is 3.51. The predicted octanol–water partition coefficient (Wildman–Crippen LogP) is 5.39. The minimum absolute atomic E-state index is 0.284. The molecule has 0 fully saturated rings. The summed E-state index contributed by atoms with van der Waals surface area (Å²) >= 11 is 13.2. The minimum Gasteiger partial charge on any atom is -0.493 e. The Morgan fingerprint density at radius 1 is 1.08 bits per heavy atom. The maximum absolute atomic E-state index is 12.4. The Balaban J connectivity index is 1.81. The Hall–Kier alpha value is -2.28. The van der Waals surface area contributed by atoms with E-state index >= 15 is 0 Å². The lowest BCUT2D eigenvalue weighted by atomic mass is 10.1. The molecule has 0 bridgehead atoms. The van der Waals surface area contributed by atoms with Crippen molar-refractivity contribution >= 4 is 45.6 Å². The van der Waals surface area contributed by atoms with Gasteiger partial charge in [-0.3, -0.25) is 10.1 Å². The lowest BCUT2D eigenvalue weighted by molar-refractivity contribution is 0.102. The van der Waals surface area contributed by atoms with Gasteiger partial charge in [-0.05, 0) is 36.4 Å². The van der Waals surface area contributed by atoms with Crippen LogP contribution < -0.4 is 14.8 Å². The molecule has 0 aliphatic heterocycles. The van der Waals surface area contributed by atoms with E-state index in [1.54, 1.807) is 32.4 Å². The number of nitrogens with zero attached hydrogens (tertiary/aromatic N) is 1. The predicted molar refractivity (Wildman–Crippen MR) is 105 cm³/mol. The van der Waals surface area contributed by atoms with E-state index in [1.807, 2.05) is 17.5 Å². The maximum atomic E-state index is 12.4. The Morgan fingerprint density at radius 2 is 1.85 bits per heavy atom. The molecule has 3 rings (SSSR count). The third-order valence-corrected chi connectivity index (χ3v) is 4.89. The highest BCUT2D eigenvalue weighted by Gasteiger charge is 2.14. The van der Waals surface area contributed by atoms with Gasteiger partial charge in [-0.2, -0.15) is 0 Å². The van der Waals surface area contributed by atoms with Crippen molar-refractivity contribution in [1.82, 2.24) is 4.98 Å². The second-order valence-corrected chi connectivity index (χ2v) is 6.89. The number of hydrogen-bond acceptors (Lipinski definition) is 5. The molecule has 0 saturated heterocycles. The van der Waals surface area contributed by atoms with Crippen LogP contribution >= 0.6 is 34.5 Å². The minimum atomic E-state index is -0.347. The number of nitrogens with one attached hydrogen (secondary N) is 1. The first-order valence-electron chi connectivity index (χ1n) is 7.46. The van der Waals surface area contributed by atoms with Crippen LogP contribution in [0.25, 0.3) is 11.3 Å². The summed E-state index contributed by atoms with van der Waals surface area (Å²) < 4.78 is 10.5. The molecule has 0 aliphatic rings. The Morgan fingerprint density at radius 3 is 2.54 bits per heavy atom. The molecule has 1 aromatic heterocycles. The normalized spacial score (nSPS) is 10.5. The van der Waals surface area contributed by atoms with E-state index < -0.39 is 0 Å². The zero-order valence-corrected chi connectivity index (χ0v) is 16.2. The van der Waals surface area contributed by atoms with Crippen LogP contribution in [-0.4, -0.2) is 25.1 Å². The van der Waals surface area contributed by atoms with Crippen LogP contribution in [-0.2, 0) is 0 Å². The van der Waals surface area contributed by atoms with Crippen LogP contribution in [0.2, 0.25) is 10.0 Å². The average molecular weight is 409 g/mol. The summed E-state index contributed by atoms with van der Waals surface area (Å²) in [7, 11) is 3.15. The number of ether oxygens (including phenoxy) is 2. The average Bonchev–Trinajstić information content (AvgIpc) is 3.09. The number of rotatable bonds is 5. The third-order valence-electron chi connectivity index (χ3n) is 3.58. The first-order valence-corrected chi connectivity index (χ1v) is 9.09. The molecule has 134 valence electrons. The van der Waals surface area contributed by atoms with Gasteiger partial charge in [0.05, 0.1) is 30.5 Å². The fraction of sp³-hybridized carbons (Fsp3) is 0.111. The van der Waals surface area contributed by atoms with Crippen molar-refractivity contribution in [2.45, 2.75) is 0 Å². The van der Waals surface area contributed by atoms with Crippen molar-refractivity contribution in [3.05, 3.63) is 57.4 Å². The molecule has 0 aliphatic carbocycles. The Kier molecular flexibility index (Phi) is 5.66. The first kappa shape index (κ1) is 18.5. The lowest BCUT2D eigenvalue weighted by Gasteiger charge is -2.08. The molecule has 8 heteroatoms. The van der Waals surface area contributed by atoms with E-state index in [2.05, 4.69) is 10.3 Å². The van der Waals surface area contributed by atoms with Gasteiger partial charge in [0.15, 0.2) is 16.6 Å². The van der Waals surface area contributed by atoms with Crippen LogP contribution in [0.5, 0.6) is 11.5 Å². The van der Waals surface area contributed by atoms with Gasteiger partial charge in [-0.25, -0.2) is 4.98 Å². The van der Waals surface area contributed by atoms with Crippen molar-refractivity contribution < 1.29 is 14.3 Å². The summed E-state index contributed by atoms with van der Waals surface area (Å²) in [6.07, 6.45) is 0. The number of thiazole rings is 1. The first-order chi connectivity index (χ1) is 12.5. The number of hydrogen-bond donors (Lipinski definition) is 1. The van der Waals surface area contributed by atoms with Crippen LogP contribution in [0.1, 0.15) is 10.4 Å². The van der Waals surface area contributed by atoms with E-state index in [1.165, 1.54) is 17.4 Å². The number of anilines is 1. The van der Waals surface area contributed by atoms with E-state index in [4.69, 9.17) is 32.7 Å². The van der Waals surface area contributed by atoms with Gasteiger partial charge < -0.3 is 9.47 Å². The van der Waals surface area contributed by atoms with Gasteiger partial charge in [0.25, 0.3) is 5.91 Å². The van der Waals surface area contributed by atoms with Crippen LogP contribution in [0.4, 0.5) is 5.13 Å². The van der Waals surface area contributed by atoms with Crippen molar-refractivity contribution in [3.63, 3.8) is 0 Å². The number of aromatic nitrogens is 1. The molecular formula is C18H14Cl2N2O3S. The quantitative estimate of drug-likeness (QED) is 0.614. The number of benzene rings is 2. The number of carbonyl (C=O) groups is 1. The third kappa shape index (κ3) is 3.93. The number of amides is 1. The summed E-state index contributed by atoms with van der Waals surface area (Å²) in [5, 5.41) is 5.81. The smallest absolute Gasteiger partial charge is 0.258 e. The van der Waals surface area contributed by atoms with Crippen LogP contribution in [0.3, 0.4) is 0 Å². The summed E-state index contributed by atoms with van der Waals surface area (Å²) in [6.45, 7) is 0. The summed E-state index contributed by atoms with van der Waals surface area (Å²) in [4.78, 5) is 16.8.